The van der Waals surface area contributed by atoms with Gasteiger partial charge in [0.1, 0.15) is 5.71 Å². The highest BCUT2D eigenvalue weighted by Gasteiger charge is 2.35. The van der Waals surface area contributed by atoms with E-state index in [-0.39, 0.29) is 5.78 Å². The maximum atomic E-state index is 11.3. The fourth-order valence-corrected chi connectivity index (χ4v) is 1.85. The standard InChI is InChI=1S/C8H12N2O/c1-5-6-3-2-4-7(11)8(6)10-9-5/h5-6,9H,2-4H2,1H3/t5-,6+/m0/s1. The molecule has 0 saturated heterocycles. The van der Waals surface area contributed by atoms with Crippen molar-refractivity contribution in [2.75, 3.05) is 0 Å². The lowest BCUT2D eigenvalue weighted by molar-refractivity contribution is -0.113. The molecule has 60 valence electrons. The molecule has 0 bridgehead atoms. The van der Waals surface area contributed by atoms with Gasteiger partial charge in [0.15, 0.2) is 5.78 Å². The normalized spacial score (nSPS) is 36.1. The van der Waals surface area contributed by atoms with Crippen molar-refractivity contribution in [3.05, 3.63) is 0 Å². The minimum atomic E-state index is 0.248. The van der Waals surface area contributed by atoms with Gasteiger partial charge in [-0.15, -0.1) is 0 Å². The van der Waals surface area contributed by atoms with Crippen molar-refractivity contribution in [2.24, 2.45) is 11.0 Å². The van der Waals surface area contributed by atoms with E-state index < -0.39 is 0 Å². The van der Waals surface area contributed by atoms with Crippen LogP contribution in [0.4, 0.5) is 0 Å². The summed E-state index contributed by atoms with van der Waals surface area (Å²) in [5.41, 5.74) is 3.75. The Hall–Kier alpha value is -0.860. The van der Waals surface area contributed by atoms with Crippen LogP contribution in [-0.4, -0.2) is 17.5 Å². The molecule has 0 amide bonds. The lowest BCUT2D eigenvalue weighted by Crippen LogP contribution is -2.32. The van der Waals surface area contributed by atoms with Crippen molar-refractivity contribution in [3.63, 3.8) is 0 Å². The van der Waals surface area contributed by atoms with Gasteiger partial charge >= 0.3 is 0 Å². The highest BCUT2D eigenvalue weighted by atomic mass is 16.1. The van der Waals surface area contributed by atoms with Crippen LogP contribution in [0.3, 0.4) is 0 Å². The zero-order valence-corrected chi connectivity index (χ0v) is 6.63. The molecular formula is C8H12N2O. The number of fused-ring (bicyclic) bond motifs is 1. The molecule has 1 N–H and O–H groups in total. The largest absolute Gasteiger partial charge is 0.306 e. The molecule has 1 saturated carbocycles. The summed E-state index contributed by atoms with van der Waals surface area (Å²) in [6.07, 6.45) is 2.86. The van der Waals surface area contributed by atoms with E-state index in [0.717, 1.165) is 18.6 Å². The van der Waals surface area contributed by atoms with Crippen molar-refractivity contribution in [2.45, 2.75) is 32.2 Å². The maximum absolute atomic E-state index is 11.3. The van der Waals surface area contributed by atoms with Crippen LogP contribution in [0.1, 0.15) is 26.2 Å². The number of nitrogens with one attached hydrogen (secondary N) is 1. The number of hydrogen-bond donors (Lipinski definition) is 1. The van der Waals surface area contributed by atoms with Gasteiger partial charge in [-0.1, -0.05) is 0 Å². The van der Waals surface area contributed by atoms with Crippen LogP contribution in [0, 0.1) is 5.92 Å². The Bertz CT molecular complexity index is 222. The average molecular weight is 152 g/mol. The van der Waals surface area contributed by atoms with Crippen LogP contribution in [0.5, 0.6) is 0 Å². The third-order valence-corrected chi connectivity index (χ3v) is 2.55. The number of rotatable bonds is 0. The molecule has 2 rings (SSSR count). The Morgan fingerprint density at radius 3 is 3.18 bits per heavy atom. The Labute approximate surface area is 65.9 Å². The minimum Gasteiger partial charge on any atom is -0.306 e. The molecule has 1 aliphatic carbocycles. The van der Waals surface area contributed by atoms with Gasteiger partial charge in [-0.3, -0.25) is 4.79 Å². The molecule has 11 heavy (non-hydrogen) atoms. The number of Topliss-reactive ketones (excluding diaryl/α,β-unsaturated/α-hetero) is 1. The molecule has 2 atom stereocenters. The van der Waals surface area contributed by atoms with E-state index in [1.54, 1.807) is 0 Å². The van der Waals surface area contributed by atoms with Crippen molar-refractivity contribution in [3.8, 4) is 0 Å². The van der Waals surface area contributed by atoms with Gasteiger partial charge in [-0.25, -0.2) is 0 Å². The van der Waals surface area contributed by atoms with Gasteiger partial charge in [0.2, 0.25) is 0 Å². The zero-order chi connectivity index (χ0) is 7.84. The molecule has 0 spiro atoms. The molecule has 3 heteroatoms. The van der Waals surface area contributed by atoms with E-state index in [1.165, 1.54) is 0 Å². The van der Waals surface area contributed by atoms with Gasteiger partial charge < -0.3 is 5.43 Å². The van der Waals surface area contributed by atoms with Gasteiger partial charge in [-0.05, 0) is 19.8 Å². The lowest BCUT2D eigenvalue weighted by atomic mass is 9.83. The molecule has 0 aromatic carbocycles. The van der Waals surface area contributed by atoms with E-state index in [1.807, 2.05) is 0 Å². The van der Waals surface area contributed by atoms with Crippen LogP contribution in [0.15, 0.2) is 5.10 Å². The second-order valence-corrected chi connectivity index (χ2v) is 3.34. The third kappa shape index (κ3) is 0.951. The zero-order valence-electron chi connectivity index (χ0n) is 6.63. The molecule has 0 aromatic rings. The average Bonchev–Trinajstić information content (AvgIpc) is 2.35. The van der Waals surface area contributed by atoms with E-state index >= 15 is 0 Å². The lowest BCUT2D eigenvalue weighted by Gasteiger charge is -2.19. The maximum Gasteiger partial charge on any atom is 0.179 e. The first-order chi connectivity index (χ1) is 5.29. The van der Waals surface area contributed by atoms with Crippen LogP contribution in [0.25, 0.3) is 0 Å². The Kier molecular flexibility index (Phi) is 1.44. The fraction of sp³-hybridized carbons (Fsp3) is 0.750. The Morgan fingerprint density at radius 1 is 1.64 bits per heavy atom. The summed E-state index contributed by atoms with van der Waals surface area (Å²) in [7, 11) is 0. The smallest absolute Gasteiger partial charge is 0.179 e. The molecule has 3 nitrogen and oxygen atoms in total. The molecular weight excluding hydrogens is 140 g/mol. The Morgan fingerprint density at radius 2 is 2.45 bits per heavy atom. The van der Waals surface area contributed by atoms with Crippen molar-refractivity contribution < 1.29 is 4.79 Å². The number of hydrazone groups is 1. The Balaban J connectivity index is 2.22. The van der Waals surface area contributed by atoms with Crippen LogP contribution in [0.2, 0.25) is 0 Å². The predicted molar refractivity (Wildman–Crippen MR) is 42.4 cm³/mol. The van der Waals surface area contributed by atoms with E-state index in [0.29, 0.717) is 18.4 Å². The summed E-state index contributed by atoms with van der Waals surface area (Å²) in [5, 5.41) is 4.04. The quantitative estimate of drug-likeness (QED) is 0.555. The monoisotopic (exact) mass is 152 g/mol. The first-order valence-electron chi connectivity index (χ1n) is 4.15. The first kappa shape index (κ1) is 6.83. The molecule has 0 aromatic heterocycles. The van der Waals surface area contributed by atoms with E-state index in [2.05, 4.69) is 17.5 Å². The number of ketones is 1. The number of carbonyl (C=O) groups is 1. The minimum absolute atomic E-state index is 0.248. The van der Waals surface area contributed by atoms with Gasteiger partial charge in [0.25, 0.3) is 0 Å². The fourth-order valence-electron chi connectivity index (χ4n) is 1.85. The highest BCUT2D eigenvalue weighted by Crippen LogP contribution is 2.25. The van der Waals surface area contributed by atoms with Gasteiger partial charge in [0.05, 0.1) is 0 Å². The molecule has 2 aliphatic rings. The summed E-state index contributed by atoms with van der Waals surface area (Å²) in [6, 6.07) is 0.370. The molecule has 1 heterocycles. The summed E-state index contributed by atoms with van der Waals surface area (Å²) < 4.78 is 0. The van der Waals surface area contributed by atoms with E-state index in [4.69, 9.17) is 0 Å². The van der Waals surface area contributed by atoms with Gasteiger partial charge in [0, 0.05) is 18.4 Å². The summed E-state index contributed by atoms with van der Waals surface area (Å²) >= 11 is 0. The summed E-state index contributed by atoms with van der Waals surface area (Å²) in [5.74, 6) is 0.648. The predicted octanol–water partition coefficient (Wildman–Crippen LogP) is 0.703. The SMILES string of the molecule is C[C@@H]1NN=C2C(=O)CCC[C@@H]21. The van der Waals surface area contributed by atoms with Crippen LogP contribution >= 0.6 is 0 Å². The van der Waals surface area contributed by atoms with Gasteiger partial charge in [-0.2, -0.15) is 5.10 Å². The second kappa shape index (κ2) is 2.32. The third-order valence-electron chi connectivity index (χ3n) is 2.55. The molecule has 1 aliphatic heterocycles. The number of hydrogen-bond acceptors (Lipinski definition) is 3. The second-order valence-electron chi connectivity index (χ2n) is 3.34. The highest BCUT2D eigenvalue weighted by molar-refractivity contribution is 6.41. The topological polar surface area (TPSA) is 41.5 Å². The van der Waals surface area contributed by atoms with Crippen molar-refractivity contribution in [1.29, 1.82) is 0 Å². The van der Waals surface area contributed by atoms with Crippen molar-refractivity contribution >= 4 is 11.5 Å². The van der Waals surface area contributed by atoms with Crippen LogP contribution in [-0.2, 0) is 4.79 Å². The molecule has 0 radical (unpaired) electrons. The van der Waals surface area contributed by atoms with Crippen LogP contribution < -0.4 is 5.43 Å². The number of nitrogens with zero attached hydrogens (tertiary/aromatic N) is 1. The molecule has 1 fully saturated rings. The summed E-state index contributed by atoms with van der Waals surface area (Å²) in [6.45, 7) is 2.08. The number of carbonyl (C=O) groups excluding carboxylic acids is 1. The first-order valence-corrected chi connectivity index (χ1v) is 4.15. The van der Waals surface area contributed by atoms with E-state index in [9.17, 15) is 4.79 Å². The molecule has 0 unspecified atom stereocenters. The summed E-state index contributed by atoms with van der Waals surface area (Å²) in [4.78, 5) is 11.3. The van der Waals surface area contributed by atoms with Crippen molar-refractivity contribution in [1.82, 2.24) is 5.43 Å².